The third-order valence-corrected chi connectivity index (χ3v) is 5.27. The molecule has 0 aliphatic heterocycles. The summed E-state index contributed by atoms with van der Waals surface area (Å²) in [6.07, 6.45) is 9.88. The summed E-state index contributed by atoms with van der Waals surface area (Å²) in [6.45, 7) is 2.07. The maximum absolute atomic E-state index is 12.2. The van der Waals surface area contributed by atoms with Gasteiger partial charge in [-0.15, -0.1) is 0 Å². The largest absolute Gasteiger partial charge is 0.497 e. The van der Waals surface area contributed by atoms with Crippen molar-refractivity contribution in [3.8, 4) is 11.5 Å². The minimum Gasteiger partial charge on any atom is -0.497 e. The van der Waals surface area contributed by atoms with E-state index in [9.17, 15) is 14.4 Å². The Morgan fingerprint density at radius 2 is 1.46 bits per heavy atom. The third kappa shape index (κ3) is 11.3. The molecule has 0 aliphatic rings. The van der Waals surface area contributed by atoms with Gasteiger partial charge in [0.1, 0.15) is 11.5 Å². The third-order valence-electron chi connectivity index (χ3n) is 5.27. The van der Waals surface area contributed by atoms with Gasteiger partial charge in [-0.05, 0) is 60.5 Å². The van der Waals surface area contributed by atoms with Crippen LogP contribution >= 0.6 is 0 Å². The molecule has 0 heterocycles. The van der Waals surface area contributed by atoms with E-state index in [1.54, 1.807) is 55.6 Å². The second kappa shape index (κ2) is 16.0. The van der Waals surface area contributed by atoms with E-state index in [0.717, 1.165) is 19.3 Å². The zero-order chi connectivity index (χ0) is 25.3. The molecule has 0 saturated heterocycles. The summed E-state index contributed by atoms with van der Waals surface area (Å²) in [5, 5.41) is 6.50. The van der Waals surface area contributed by atoms with Crippen molar-refractivity contribution < 1.29 is 23.9 Å². The molecule has 2 aromatic carbocycles. The summed E-state index contributed by atoms with van der Waals surface area (Å²) in [5.41, 5.74) is 3.50. The first-order chi connectivity index (χ1) is 17.0. The zero-order valence-electron chi connectivity index (χ0n) is 20.5. The Bertz CT molecular complexity index is 956. The molecular weight excluding hydrogens is 446 g/mol. The highest BCUT2D eigenvalue weighted by molar-refractivity contribution is 5.91. The lowest BCUT2D eigenvalue weighted by atomic mass is 10.1. The highest BCUT2D eigenvalue weighted by Crippen LogP contribution is 2.16. The molecule has 35 heavy (non-hydrogen) atoms. The average Bonchev–Trinajstić information content (AvgIpc) is 2.88. The number of nitrogens with zero attached hydrogens (tertiary/aromatic N) is 1. The molecule has 0 spiro atoms. The number of esters is 1. The number of benzene rings is 2. The van der Waals surface area contributed by atoms with Crippen molar-refractivity contribution >= 4 is 24.0 Å². The first-order valence-electron chi connectivity index (χ1n) is 12.1. The van der Waals surface area contributed by atoms with Crippen LogP contribution in [0.15, 0.2) is 53.6 Å². The number of ether oxygens (including phenoxy) is 2. The molecule has 2 aromatic rings. The number of carbonyl (C=O) groups is 3. The van der Waals surface area contributed by atoms with Crippen molar-refractivity contribution in [2.24, 2.45) is 5.10 Å². The molecule has 8 nitrogen and oxygen atoms in total. The van der Waals surface area contributed by atoms with Gasteiger partial charge in [0.2, 0.25) is 5.91 Å². The summed E-state index contributed by atoms with van der Waals surface area (Å²) in [6, 6.07) is 13.3. The Kier molecular flexibility index (Phi) is 12.6. The van der Waals surface area contributed by atoms with Gasteiger partial charge in [0.15, 0.2) is 0 Å². The number of amides is 2. The normalized spacial score (nSPS) is 10.7. The molecule has 2 rings (SSSR count). The van der Waals surface area contributed by atoms with Gasteiger partial charge in [-0.1, -0.05) is 45.4 Å². The molecule has 0 bridgehead atoms. The number of hydrogen-bond donors (Lipinski definition) is 2. The quantitative estimate of drug-likeness (QED) is 0.127. The van der Waals surface area contributed by atoms with Crippen molar-refractivity contribution in [3.05, 3.63) is 59.7 Å². The van der Waals surface area contributed by atoms with Crippen LogP contribution in [0.2, 0.25) is 0 Å². The van der Waals surface area contributed by atoms with Crippen LogP contribution in [0.1, 0.15) is 74.2 Å². The fourth-order valence-electron chi connectivity index (χ4n) is 3.24. The van der Waals surface area contributed by atoms with Gasteiger partial charge in [0, 0.05) is 6.42 Å². The lowest BCUT2D eigenvalue weighted by Crippen LogP contribution is -2.34. The maximum Gasteiger partial charge on any atom is 0.343 e. The number of unbranched alkanes of at least 4 members (excludes halogenated alkanes) is 6. The molecule has 8 heteroatoms. The number of rotatable bonds is 15. The fraction of sp³-hybridized carbons (Fsp3) is 0.407. The van der Waals surface area contributed by atoms with Crippen molar-refractivity contribution in [2.75, 3.05) is 13.7 Å². The van der Waals surface area contributed by atoms with Gasteiger partial charge in [-0.25, -0.2) is 10.2 Å². The topological polar surface area (TPSA) is 106 Å². The van der Waals surface area contributed by atoms with Crippen molar-refractivity contribution in [1.29, 1.82) is 0 Å². The average molecular weight is 482 g/mol. The van der Waals surface area contributed by atoms with E-state index in [-0.39, 0.29) is 12.5 Å². The van der Waals surface area contributed by atoms with E-state index in [4.69, 9.17) is 9.47 Å². The first kappa shape index (κ1) is 27.6. The number of nitrogens with one attached hydrogen (secondary N) is 2. The van der Waals surface area contributed by atoms with Crippen LogP contribution in [0.3, 0.4) is 0 Å². The summed E-state index contributed by atoms with van der Waals surface area (Å²) < 4.78 is 10.4. The molecule has 0 fully saturated rings. The Morgan fingerprint density at radius 3 is 2.11 bits per heavy atom. The summed E-state index contributed by atoms with van der Waals surface area (Å²) in [4.78, 5) is 35.9. The molecule has 2 N–H and O–H groups in total. The molecule has 2 amide bonds. The monoisotopic (exact) mass is 481 g/mol. The van der Waals surface area contributed by atoms with Gasteiger partial charge in [-0.2, -0.15) is 5.10 Å². The van der Waals surface area contributed by atoms with Crippen LogP contribution in [0.25, 0.3) is 0 Å². The minimum atomic E-state index is -0.477. The molecule has 0 aromatic heterocycles. The predicted molar refractivity (Wildman–Crippen MR) is 136 cm³/mol. The van der Waals surface area contributed by atoms with E-state index < -0.39 is 11.9 Å². The van der Waals surface area contributed by atoms with E-state index in [1.165, 1.54) is 31.9 Å². The van der Waals surface area contributed by atoms with E-state index in [0.29, 0.717) is 29.0 Å². The lowest BCUT2D eigenvalue weighted by Gasteiger charge is -2.06. The summed E-state index contributed by atoms with van der Waals surface area (Å²) in [5.74, 6) is 0.0332. The van der Waals surface area contributed by atoms with Crippen LogP contribution in [-0.4, -0.2) is 37.7 Å². The molecular formula is C27H35N3O5. The number of hydrazone groups is 1. The second-order valence-electron chi connectivity index (χ2n) is 8.13. The van der Waals surface area contributed by atoms with Crippen molar-refractivity contribution in [1.82, 2.24) is 10.7 Å². The number of carbonyl (C=O) groups excluding carboxylic acids is 3. The fourth-order valence-corrected chi connectivity index (χ4v) is 3.24. The Hall–Kier alpha value is -3.68. The van der Waals surface area contributed by atoms with Gasteiger partial charge in [-0.3, -0.25) is 9.59 Å². The molecule has 0 saturated carbocycles. The van der Waals surface area contributed by atoms with E-state index in [2.05, 4.69) is 22.8 Å². The molecule has 0 radical (unpaired) electrons. The van der Waals surface area contributed by atoms with Crippen LogP contribution in [-0.2, 0) is 9.59 Å². The summed E-state index contributed by atoms with van der Waals surface area (Å²) >= 11 is 0. The second-order valence-corrected chi connectivity index (χ2v) is 8.13. The van der Waals surface area contributed by atoms with Crippen molar-refractivity contribution in [2.45, 2.75) is 58.3 Å². The van der Waals surface area contributed by atoms with Gasteiger partial charge in [0.05, 0.1) is 25.4 Å². The molecule has 188 valence electrons. The SMILES string of the molecule is CCCCCCCCCC(=O)NCC(=O)N/N=C/c1ccc(OC(=O)c2ccc(OC)cc2)cc1. The highest BCUT2D eigenvalue weighted by Gasteiger charge is 2.09. The smallest absolute Gasteiger partial charge is 0.343 e. The summed E-state index contributed by atoms with van der Waals surface area (Å²) in [7, 11) is 1.56. The first-order valence-corrected chi connectivity index (χ1v) is 12.1. The van der Waals surface area contributed by atoms with E-state index in [1.807, 2.05) is 0 Å². The maximum atomic E-state index is 12.2. The van der Waals surface area contributed by atoms with Crippen LogP contribution in [0.4, 0.5) is 0 Å². The standard InChI is InChI=1S/C27H35N3O5/c1-3-4-5-6-7-8-9-10-25(31)28-20-26(32)30-29-19-21-11-15-24(16-12-21)35-27(33)22-13-17-23(34-2)18-14-22/h11-19H,3-10,20H2,1-2H3,(H,28,31)(H,30,32)/b29-19+. The Balaban J connectivity index is 1.64. The van der Waals surface area contributed by atoms with Crippen LogP contribution < -0.4 is 20.2 Å². The van der Waals surface area contributed by atoms with Gasteiger partial charge in [0.25, 0.3) is 5.91 Å². The zero-order valence-corrected chi connectivity index (χ0v) is 20.5. The number of methoxy groups -OCH3 is 1. The minimum absolute atomic E-state index is 0.118. The van der Waals surface area contributed by atoms with Crippen molar-refractivity contribution in [3.63, 3.8) is 0 Å². The molecule has 0 aliphatic carbocycles. The van der Waals surface area contributed by atoms with Crippen LogP contribution in [0, 0.1) is 0 Å². The van der Waals surface area contributed by atoms with E-state index >= 15 is 0 Å². The predicted octanol–water partition coefficient (Wildman–Crippen LogP) is 4.62. The highest BCUT2D eigenvalue weighted by atomic mass is 16.5. The Morgan fingerprint density at radius 1 is 0.829 bits per heavy atom. The lowest BCUT2D eigenvalue weighted by molar-refractivity contribution is -0.126. The van der Waals surface area contributed by atoms with Gasteiger partial charge >= 0.3 is 5.97 Å². The molecule has 0 atom stereocenters. The Labute approximate surface area is 207 Å². The number of hydrogen-bond acceptors (Lipinski definition) is 6. The van der Waals surface area contributed by atoms with Crippen LogP contribution in [0.5, 0.6) is 11.5 Å². The van der Waals surface area contributed by atoms with Gasteiger partial charge < -0.3 is 14.8 Å². The molecule has 0 unspecified atom stereocenters.